The summed E-state index contributed by atoms with van der Waals surface area (Å²) in [7, 11) is 0.502. The standard InChI is InChI=1S/C18H19ClN2O5S/c1-21(2)27(23,24)17-10-13(5-7-15(17)25-3)20-18(22)16-9-11-8-12(19)4-6-14(11)26-16/h4-8,10,16H,9H2,1-3H3,(H,20,22)/t16-/m1/s1. The molecule has 0 radical (unpaired) electrons. The van der Waals surface area contributed by atoms with Gasteiger partial charge in [-0.2, -0.15) is 0 Å². The molecule has 0 saturated carbocycles. The number of methoxy groups -OCH3 is 1. The van der Waals surface area contributed by atoms with E-state index >= 15 is 0 Å². The second-order valence-corrected chi connectivity index (χ2v) is 8.76. The van der Waals surface area contributed by atoms with Gasteiger partial charge in [-0.1, -0.05) is 11.6 Å². The number of carbonyl (C=O) groups is 1. The number of halogens is 1. The first-order valence-corrected chi connectivity index (χ1v) is 9.90. The number of amides is 1. The van der Waals surface area contributed by atoms with Crippen molar-refractivity contribution in [3.05, 3.63) is 47.0 Å². The van der Waals surface area contributed by atoms with Gasteiger partial charge in [-0.05, 0) is 42.0 Å². The van der Waals surface area contributed by atoms with Crippen molar-refractivity contribution in [2.45, 2.75) is 17.4 Å². The first-order chi connectivity index (χ1) is 12.7. The summed E-state index contributed by atoms with van der Waals surface area (Å²) in [6.07, 6.45) is -0.324. The molecule has 0 bridgehead atoms. The molecule has 1 atom stereocenters. The van der Waals surface area contributed by atoms with E-state index in [4.69, 9.17) is 21.1 Å². The minimum Gasteiger partial charge on any atom is -0.495 e. The molecule has 2 aromatic carbocycles. The lowest BCUT2D eigenvalue weighted by Gasteiger charge is -2.16. The number of carbonyl (C=O) groups excluding carboxylic acids is 1. The highest BCUT2D eigenvalue weighted by Crippen LogP contribution is 2.32. The highest BCUT2D eigenvalue weighted by atomic mass is 35.5. The van der Waals surface area contributed by atoms with E-state index in [1.165, 1.54) is 33.3 Å². The Hall–Kier alpha value is -2.29. The van der Waals surface area contributed by atoms with Crippen molar-refractivity contribution < 1.29 is 22.7 Å². The normalized spacial score (nSPS) is 16.0. The highest BCUT2D eigenvalue weighted by Gasteiger charge is 2.30. The van der Waals surface area contributed by atoms with E-state index in [9.17, 15) is 13.2 Å². The molecule has 1 aliphatic rings. The molecule has 7 nitrogen and oxygen atoms in total. The molecule has 0 saturated heterocycles. The first-order valence-electron chi connectivity index (χ1n) is 8.09. The largest absolute Gasteiger partial charge is 0.495 e. The molecule has 1 heterocycles. The van der Waals surface area contributed by atoms with Gasteiger partial charge in [0.05, 0.1) is 7.11 Å². The van der Waals surface area contributed by atoms with Crippen molar-refractivity contribution in [1.82, 2.24) is 4.31 Å². The van der Waals surface area contributed by atoms with Gasteiger partial charge < -0.3 is 14.8 Å². The van der Waals surface area contributed by atoms with E-state index in [0.717, 1.165) is 9.87 Å². The van der Waals surface area contributed by atoms with E-state index in [1.54, 1.807) is 24.3 Å². The van der Waals surface area contributed by atoms with Crippen LogP contribution in [0.15, 0.2) is 41.3 Å². The minimum atomic E-state index is -3.73. The van der Waals surface area contributed by atoms with Crippen molar-refractivity contribution >= 4 is 33.2 Å². The zero-order valence-corrected chi connectivity index (χ0v) is 16.6. The summed E-state index contributed by atoms with van der Waals surface area (Å²) in [6.45, 7) is 0. The van der Waals surface area contributed by atoms with Gasteiger partial charge in [0.1, 0.15) is 16.4 Å². The quantitative estimate of drug-likeness (QED) is 0.818. The van der Waals surface area contributed by atoms with Crippen LogP contribution < -0.4 is 14.8 Å². The zero-order valence-electron chi connectivity index (χ0n) is 15.0. The number of anilines is 1. The third kappa shape index (κ3) is 3.87. The van der Waals surface area contributed by atoms with E-state index in [0.29, 0.717) is 22.9 Å². The minimum absolute atomic E-state index is 0.0322. The molecule has 1 amide bonds. The van der Waals surface area contributed by atoms with Crippen LogP contribution >= 0.6 is 11.6 Å². The lowest BCUT2D eigenvalue weighted by Crippen LogP contribution is -2.31. The van der Waals surface area contributed by atoms with Crippen molar-refractivity contribution in [2.75, 3.05) is 26.5 Å². The van der Waals surface area contributed by atoms with Crippen LogP contribution in [-0.4, -0.2) is 45.9 Å². The third-order valence-electron chi connectivity index (χ3n) is 4.18. The van der Waals surface area contributed by atoms with Gasteiger partial charge in [-0.25, -0.2) is 12.7 Å². The Bertz CT molecular complexity index is 991. The van der Waals surface area contributed by atoms with E-state index in [-0.39, 0.29) is 16.6 Å². The second-order valence-electron chi connectivity index (χ2n) is 6.20. The van der Waals surface area contributed by atoms with Crippen molar-refractivity contribution in [3.63, 3.8) is 0 Å². The van der Waals surface area contributed by atoms with Gasteiger partial charge in [-0.15, -0.1) is 0 Å². The van der Waals surface area contributed by atoms with Crippen LogP contribution in [0.5, 0.6) is 11.5 Å². The molecule has 0 aliphatic carbocycles. The topological polar surface area (TPSA) is 84.9 Å². The second kappa shape index (κ2) is 7.38. The first kappa shape index (κ1) is 19.5. The number of fused-ring (bicyclic) bond motifs is 1. The van der Waals surface area contributed by atoms with Gasteiger partial charge in [-0.3, -0.25) is 4.79 Å². The monoisotopic (exact) mass is 410 g/mol. The lowest BCUT2D eigenvalue weighted by atomic mass is 10.1. The molecule has 1 aliphatic heterocycles. The maximum atomic E-state index is 12.6. The number of ether oxygens (including phenoxy) is 2. The van der Waals surface area contributed by atoms with E-state index in [1.807, 2.05) is 0 Å². The zero-order chi connectivity index (χ0) is 19.8. The molecule has 0 unspecified atom stereocenters. The Morgan fingerprint density at radius 2 is 2.00 bits per heavy atom. The number of nitrogens with zero attached hydrogens (tertiary/aromatic N) is 1. The Labute approximate surface area is 162 Å². The Kier molecular flexibility index (Phi) is 5.32. The summed E-state index contributed by atoms with van der Waals surface area (Å²) in [5.74, 6) is 0.437. The molecule has 1 N–H and O–H groups in total. The van der Waals surface area contributed by atoms with E-state index < -0.39 is 16.1 Å². The fraction of sp³-hybridized carbons (Fsp3) is 0.278. The summed E-state index contributed by atoms with van der Waals surface area (Å²) >= 11 is 5.97. The summed E-state index contributed by atoms with van der Waals surface area (Å²) < 4.78 is 36.8. The summed E-state index contributed by atoms with van der Waals surface area (Å²) in [6, 6.07) is 9.62. The molecule has 0 fully saturated rings. The van der Waals surface area contributed by atoms with Gasteiger partial charge in [0.25, 0.3) is 5.91 Å². The smallest absolute Gasteiger partial charge is 0.265 e. The number of rotatable bonds is 5. The lowest BCUT2D eigenvalue weighted by molar-refractivity contribution is -0.122. The molecule has 3 rings (SSSR count). The third-order valence-corrected chi connectivity index (χ3v) is 6.25. The van der Waals surface area contributed by atoms with Crippen LogP contribution in [0, 0.1) is 0 Å². The molecule has 2 aromatic rings. The number of hydrogen-bond donors (Lipinski definition) is 1. The summed E-state index contributed by atoms with van der Waals surface area (Å²) in [5.41, 5.74) is 1.19. The average molecular weight is 411 g/mol. The fourth-order valence-electron chi connectivity index (χ4n) is 2.74. The van der Waals surface area contributed by atoms with Crippen molar-refractivity contribution in [2.24, 2.45) is 0 Å². The maximum absolute atomic E-state index is 12.6. The molecule has 9 heteroatoms. The van der Waals surface area contributed by atoms with Crippen molar-refractivity contribution in [1.29, 1.82) is 0 Å². The number of benzene rings is 2. The summed E-state index contributed by atoms with van der Waals surface area (Å²) in [5, 5.41) is 3.28. The SMILES string of the molecule is COc1ccc(NC(=O)[C@H]2Cc3cc(Cl)ccc3O2)cc1S(=O)(=O)N(C)C. The predicted octanol–water partition coefficient (Wildman–Crippen LogP) is 2.54. The maximum Gasteiger partial charge on any atom is 0.265 e. The molecule has 27 heavy (non-hydrogen) atoms. The Morgan fingerprint density at radius 1 is 1.26 bits per heavy atom. The molecule has 144 valence electrons. The molecular formula is C18H19ClN2O5S. The van der Waals surface area contributed by atoms with Crippen LogP contribution in [0.4, 0.5) is 5.69 Å². The molecule has 0 spiro atoms. The fourth-order valence-corrected chi connectivity index (χ4v) is 4.01. The van der Waals surface area contributed by atoms with E-state index in [2.05, 4.69) is 5.32 Å². The number of sulfonamides is 1. The van der Waals surface area contributed by atoms with Crippen LogP contribution in [0.3, 0.4) is 0 Å². The van der Waals surface area contributed by atoms with Gasteiger partial charge >= 0.3 is 0 Å². The van der Waals surface area contributed by atoms with Gasteiger partial charge in [0.2, 0.25) is 10.0 Å². The van der Waals surface area contributed by atoms with Crippen LogP contribution in [0.25, 0.3) is 0 Å². The highest BCUT2D eigenvalue weighted by molar-refractivity contribution is 7.89. The van der Waals surface area contributed by atoms with Crippen LogP contribution in [0.1, 0.15) is 5.56 Å². The number of hydrogen-bond acceptors (Lipinski definition) is 5. The Balaban J connectivity index is 1.81. The number of nitrogens with one attached hydrogen (secondary N) is 1. The van der Waals surface area contributed by atoms with Gasteiger partial charge in [0.15, 0.2) is 6.10 Å². The summed E-state index contributed by atoms with van der Waals surface area (Å²) in [4.78, 5) is 12.5. The molecular weight excluding hydrogens is 392 g/mol. The molecule has 0 aromatic heterocycles. The predicted molar refractivity (Wildman–Crippen MR) is 102 cm³/mol. The van der Waals surface area contributed by atoms with Gasteiger partial charge in [0, 0.05) is 31.2 Å². The Morgan fingerprint density at radius 3 is 2.67 bits per heavy atom. The van der Waals surface area contributed by atoms with Crippen molar-refractivity contribution in [3.8, 4) is 11.5 Å². The average Bonchev–Trinajstić information content (AvgIpc) is 3.04. The van der Waals surface area contributed by atoms with Crippen LogP contribution in [-0.2, 0) is 21.2 Å². The van der Waals surface area contributed by atoms with Crippen LogP contribution in [0.2, 0.25) is 5.02 Å².